The zero-order valence-electron chi connectivity index (χ0n) is 9.02. The Bertz CT molecular complexity index is 465. The van der Waals surface area contributed by atoms with Crippen LogP contribution in [0.4, 0.5) is 5.69 Å². The van der Waals surface area contributed by atoms with E-state index in [0.29, 0.717) is 11.1 Å². The molecule has 1 aromatic rings. The number of benzene rings is 1. The lowest BCUT2D eigenvalue weighted by Gasteiger charge is -2.04. The molecule has 0 aliphatic carbocycles. The Morgan fingerprint density at radius 3 is 2.56 bits per heavy atom. The molecular weight excluding hydrogens is 210 g/mol. The highest BCUT2D eigenvalue weighted by atomic mass is 16.6. The SMILES string of the molecule is C=C(C)c1ccc(C(=O)OC)cc1[N+](=O)[O-]. The largest absolute Gasteiger partial charge is 0.465 e. The molecule has 0 aromatic heterocycles. The minimum Gasteiger partial charge on any atom is -0.465 e. The van der Waals surface area contributed by atoms with Crippen LogP contribution in [0.15, 0.2) is 24.8 Å². The fraction of sp³-hybridized carbons (Fsp3) is 0.182. The Kier molecular flexibility index (Phi) is 3.40. The van der Waals surface area contributed by atoms with Gasteiger partial charge in [0.25, 0.3) is 5.69 Å². The molecule has 1 aromatic carbocycles. The van der Waals surface area contributed by atoms with Crippen LogP contribution in [-0.4, -0.2) is 18.0 Å². The molecule has 0 bridgehead atoms. The molecule has 0 saturated carbocycles. The van der Waals surface area contributed by atoms with Crippen LogP contribution in [0.25, 0.3) is 5.57 Å². The van der Waals surface area contributed by atoms with Gasteiger partial charge in [0, 0.05) is 6.07 Å². The van der Waals surface area contributed by atoms with E-state index < -0.39 is 10.9 Å². The molecule has 0 aliphatic heterocycles. The van der Waals surface area contributed by atoms with Gasteiger partial charge < -0.3 is 4.74 Å². The summed E-state index contributed by atoms with van der Waals surface area (Å²) in [6.45, 7) is 5.31. The second-order valence-corrected chi connectivity index (χ2v) is 3.26. The van der Waals surface area contributed by atoms with E-state index in [0.717, 1.165) is 0 Å². The molecule has 16 heavy (non-hydrogen) atoms. The Labute approximate surface area is 92.5 Å². The van der Waals surface area contributed by atoms with Gasteiger partial charge in [-0.3, -0.25) is 10.1 Å². The molecule has 0 heterocycles. The lowest BCUT2D eigenvalue weighted by molar-refractivity contribution is -0.385. The fourth-order valence-electron chi connectivity index (χ4n) is 1.29. The van der Waals surface area contributed by atoms with E-state index in [2.05, 4.69) is 11.3 Å². The first-order chi connectivity index (χ1) is 7.47. The summed E-state index contributed by atoms with van der Waals surface area (Å²) in [6.07, 6.45) is 0. The zero-order valence-corrected chi connectivity index (χ0v) is 9.02. The van der Waals surface area contributed by atoms with Crippen LogP contribution in [0, 0.1) is 10.1 Å². The number of methoxy groups -OCH3 is 1. The molecule has 5 heteroatoms. The summed E-state index contributed by atoms with van der Waals surface area (Å²) in [6, 6.07) is 4.16. The maximum absolute atomic E-state index is 11.2. The summed E-state index contributed by atoms with van der Waals surface area (Å²) in [5.41, 5.74) is 0.996. The summed E-state index contributed by atoms with van der Waals surface area (Å²) in [7, 11) is 1.22. The Morgan fingerprint density at radius 1 is 1.50 bits per heavy atom. The Balaban J connectivity index is 3.34. The summed E-state index contributed by atoms with van der Waals surface area (Å²) in [5.74, 6) is -0.601. The first-order valence-corrected chi connectivity index (χ1v) is 4.50. The van der Waals surface area contributed by atoms with E-state index in [1.165, 1.54) is 25.3 Å². The molecule has 0 N–H and O–H groups in total. The predicted molar refractivity (Wildman–Crippen MR) is 59.1 cm³/mol. The molecule has 0 saturated heterocycles. The monoisotopic (exact) mass is 221 g/mol. The summed E-state index contributed by atoms with van der Waals surface area (Å²) >= 11 is 0. The normalized spacial score (nSPS) is 9.62. The van der Waals surface area contributed by atoms with Crippen molar-refractivity contribution in [2.24, 2.45) is 0 Å². The van der Waals surface area contributed by atoms with Crippen molar-refractivity contribution >= 4 is 17.2 Å². The quantitative estimate of drug-likeness (QED) is 0.446. The average molecular weight is 221 g/mol. The number of allylic oxidation sites excluding steroid dienone is 1. The van der Waals surface area contributed by atoms with Gasteiger partial charge in [-0.25, -0.2) is 4.79 Å². The van der Waals surface area contributed by atoms with Gasteiger partial charge in [-0.1, -0.05) is 6.58 Å². The van der Waals surface area contributed by atoms with Crippen molar-refractivity contribution in [1.82, 2.24) is 0 Å². The van der Waals surface area contributed by atoms with Crippen LogP contribution in [-0.2, 0) is 4.74 Å². The highest BCUT2D eigenvalue weighted by molar-refractivity contribution is 5.91. The topological polar surface area (TPSA) is 69.4 Å². The Morgan fingerprint density at radius 2 is 2.12 bits per heavy atom. The maximum Gasteiger partial charge on any atom is 0.338 e. The number of hydrogen-bond acceptors (Lipinski definition) is 4. The number of nitro groups is 1. The minimum atomic E-state index is -0.601. The highest BCUT2D eigenvalue weighted by Gasteiger charge is 2.17. The first kappa shape index (κ1) is 11.9. The number of ether oxygens (including phenoxy) is 1. The number of carbonyl (C=O) groups excluding carboxylic acids is 1. The van der Waals surface area contributed by atoms with Crippen molar-refractivity contribution < 1.29 is 14.5 Å². The second-order valence-electron chi connectivity index (χ2n) is 3.26. The van der Waals surface area contributed by atoms with Crippen LogP contribution in [0.1, 0.15) is 22.8 Å². The first-order valence-electron chi connectivity index (χ1n) is 4.50. The second kappa shape index (κ2) is 4.57. The van der Waals surface area contributed by atoms with Gasteiger partial charge in [0.1, 0.15) is 0 Å². The zero-order chi connectivity index (χ0) is 12.3. The smallest absolute Gasteiger partial charge is 0.338 e. The van der Waals surface area contributed by atoms with E-state index in [1.807, 2.05) is 0 Å². The molecule has 0 aliphatic rings. The van der Waals surface area contributed by atoms with Crippen LogP contribution >= 0.6 is 0 Å². The van der Waals surface area contributed by atoms with Crippen LogP contribution in [0.3, 0.4) is 0 Å². The molecule has 0 amide bonds. The van der Waals surface area contributed by atoms with Crippen molar-refractivity contribution in [3.8, 4) is 0 Å². The fourth-order valence-corrected chi connectivity index (χ4v) is 1.29. The van der Waals surface area contributed by atoms with Gasteiger partial charge >= 0.3 is 5.97 Å². The number of nitrogens with zero attached hydrogens (tertiary/aromatic N) is 1. The van der Waals surface area contributed by atoms with Crippen molar-refractivity contribution in [2.75, 3.05) is 7.11 Å². The van der Waals surface area contributed by atoms with E-state index in [-0.39, 0.29) is 11.3 Å². The molecule has 0 radical (unpaired) electrons. The molecular formula is C11H11NO4. The van der Waals surface area contributed by atoms with Gasteiger partial charge in [0.15, 0.2) is 0 Å². The van der Waals surface area contributed by atoms with E-state index >= 15 is 0 Å². The molecule has 0 fully saturated rings. The molecule has 0 unspecified atom stereocenters. The minimum absolute atomic E-state index is 0.143. The summed E-state index contributed by atoms with van der Waals surface area (Å²) in [5, 5.41) is 10.8. The standard InChI is InChI=1S/C11H11NO4/c1-7(2)9-5-4-8(11(13)16-3)6-10(9)12(14)15/h4-6H,1H2,2-3H3. The molecule has 0 atom stereocenters. The lowest BCUT2D eigenvalue weighted by Crippen LogP contribution is -2.03. The number of carbonyl (C=O) groups is 1. The average Bonchev–Trinajstić information content (AvgIpc) is 2.26. The number of esters is 1. The maximum atomic E-state index is 11.2. The van der Waals surface area contributed by atoms with E-state index in [1.54, 1.807) is 6.92 Å². The van der Waals surface area contributed by atoms with Crippen LogP contribution < -0.4 is 0 Å². The number of hydrogen-bond donors (Lipinski definition) is 0. The van der Waals surface area contributed by atoms with Crippen molar-refractivity contribution in [3.63, 3.8) is 0 Å². The van der Waals surface area contributed by atoms with Crippen LogP contribution in [0.2, 0.25) is 0 Å². The van der Waals surface area contributed by atoms with Crippen LogP contribution in [0.5, 0.6) is 0 Å². The van der Waals surface area contributed by atoms with Gasteiger partial charge in [0.05, 0.1) is 23.2 Å². The van der Waals surface area contributed by atoms with Gasteiger partial charge in [0.2, 0.25) is 0 Å². The highest BCUT2D eigenvalue weighted by Crippen LogP contribution is 2.26. The van der Waals surface area contributed by atoms with Crippen molar-refractivity contribution in [2.45, 2.75) is 6.92 Å². The summed E-state index contributed by atoms with van der Waals surface area (Å²) in [4.78, 5) is 21.5. The molecule has 0 spiro atoms. The molecule has 84 valence electrons. The third-order valence-electron chi connectivity index (χ3n) is 2.08. The third kappa shape index (κ3) is 2.25. The van der Waals surface area contributed by atoms with Crippen molar-refractivity contribution in [3.05, 3.63) is 46.0 Å². The number of rotatable bonds is 3. The van der Waals surface area contributed by atoms with Gasteiger partial charge in [-0.2, -0.15) is 0 Å². The van der Waals surface area contributed by atoms with E-state index in [9.17, 15) is 14.9 Å². The predicted octanol–water partition coefficient (Wildman–Crippen LogP) is 2.41. The van der Waals surface area contributed by atoms with Gasteiger partial charge in [-0.15, -0.1) is 0 Å². The number of nitro benzene ring substituents is 1. The third-order valence-corrected chi connectivity index (χ3v) is 2.08. The van der Waals surface area contributed by atoms with Crippen molar-refractivity contribution in [1.29, 1.82) is 0 Å². The molecule has 5 nitrogen and oxygen atoms in total. The Hall–Kier alpha value is -2.17. The van der Waals surface area contributed by atoms with E-state index in [4.69, 9.17) is 0 Å². The lowest BCUT2D eigenvalue weighted by atomic mass is 10.0. The summed E-state index contributed by atoms with van der Waals surface area (Å²) < 4.78 is 4.49. The van der Waals surface area contributed by atoms with Gasteiger partial charge in [-0.05, 0) is 24.6 Å². The molecule has 1 rings (SSSR count).